The highest BCUT2D eigenvalue weighted by Gasteiger charge is 2.11. The number of benzene rings is 1. The third-order valence-electron chi connectivity index (χ3n) is 4.82. The number of amides is 1. The van der Waals surface area contributed by atoms with Gasteiger partial charge in [0.05, 0.1) is 23.9 Å². The number of hydrogen-bond acceptors (Lipinski definition) is 8. The van der Waals surface area contributed by atoms with Crippen molar-refractivity contribution in [2.24, 2.45) is 7.05 Å². The zero-order chi connectivity index (χ0) is 23.4. The Kier molecular flexibility index (Phi) is 6.16. The fourth-order valence-corrected chi connectivity index (χ4v) is 3.19. The van der Waals surface area contributed by atoms with Crippen LogP contribution in [0.1, 0.15) is 6.92 Å². The standard InChI is InChI=1S/C23H22N6O4/c1-4-24-22-26-13-17(21(30)29(22)2)19-7-5-14-11-15(6-8-18(14)27-19)33-16-9-10-25-20(12-16)28-23(31)32-3/h5-13H,4H2,1-3H3,(H,24,26)(H,25,28,31). The van der Waals surface area contributed by atoms with E-state index >= 15 is 0 Å². The lowest BCUT2D eigenvalue weighted by atomic mass is 10.1. The van der Waals surface area contributed by atoms with Crippen LogP contribution in [0.25, 0.3) is 22.2 Å². The minimum Gasteiger partial charge on any atom is -0.457 e. The molecular weight excluding hydrogens is 424 g/mol. The topological polar surface area (TPSA) is 120 Å². The highest BCUT2D eigenvalue weighted by molar-refractivity contribution is 5.84. The van der Waals surface area contributed by atoms with Crippen LogP contribution in [0, 0.1) is 0 Å². The highest BCUT2D eigenvalue weighted by atomic mass is 16.5. The molecule has 1 amide bonds. The average molecular weight is 446 g/mol. The largest absolute Gasteiger partial charge is 0.457 e. The summed E-state index contributed by atoms with van der Waals surface area (Å²) in [6.45, 7) is 2.61. The minimum absolute atomic E-state index is 0.179. The Bertz CT molecular complexity index is 1390. The molecule has 168 valence electrons. The van der Waals surface area contributed by atoms with E-state index in [-0.39, 0.29) is 5.56 Å². The van der Waals surface area contributed by atoms with Gasteiger partial charge in [0.1, 0.15) is 17.3 Å². The molecule has 33 heavy (non-hydrogen) atoms. The first kappa shape index (κ1) is 21.8. The van der Waals surface area contributed by atoms with Crippen LogP contribution in [-0.2, 0) is 11.8 Å². The number of ether oxygens (including phenoxy) is 2. The maximum atomic E-state index is 12.8. The van der Waals surface area contributed by atoms with Crippen LogP contribution in [0.5, 0.6) is 11.5 Å². The number of fused-ring (bicyclic) bond motifs is 1. The Morgan fingerprint density at radius 2 is 1.91 bits per heavy atom. The van der Waals surface area contributed by atoms with Gasteiger partial charge in [-0.15, -0.1) is 0 Å². The molecule has 0 fully saturated rings. The van der Waals surface area contributed by atoms with Gasteiger partial charge in [0.15, 0.2) is 0 Å². The number of carbonyl (C=O) groups is 1. The second kappa shape index (κ2) is 9.35. The van der Waals surface area contributed by atoms with Gasteiger partial charge in [-0.05, 0) is 37.3 Å². The Labute approximate surface area is 189 Å². The van der Waals surface area contributed by atoms with Gasteiger partial charge < -0.3 is 14.8 Å². The van der Waals surface area contributed by atoms with Crippen LogP contribution < -0.4 is 20.9 Å². The molecule has 3 heterocycles. The molecule has 0 aliphatic heterocycles. The molecular formula is C23H22N6O4. The highest BCUT2D eigenvalue weighted by Crippen LogP contribution is 2.27. The Balaban J connectivity index is 1.59. The van der Waals surface area contributed by atoms with Crippen LogP contribution in [0.4, 0.5) is 16.6 Å². The smallest absolute Gasteiger partial charge is 0.412 e. The maximum absolute atomic E-state index is 12.8. The first-order valence-corrected chi connectivity index (χ1v) is 10.2. The number of methoxy groups -OCH3 is 1. The van der Waals surface area contributed by atoms with E-state index in [1.54, 1.807) is 31.3 Å². The third-order valence-corrected chi connectivity index (χ3v) is 4.82. The number of carbonyl (C=O) groups excluding carboxylic acids is 1. The van der Waals surface area contributed by atoms with Crippen molar-refractivity contribution < 1.29 is 14.3 Å². The zero-order valence-electron chi connectivity index (χ0n) is 18.3. The predicted octanol–water partition coefficient (Wildman–Crippen LogP) is 3.79. The van der Waals surface area contributed by atoms with Crippen LogP contribution in [0.3, 0.4) is 0 Å². The third kappa shape index (κ3) is 4.74. The minimum atomic E-state index is -0.617. The summed E-state index contributed by atoms with van der Waals surface area (Å²) in [5, 5.41) is 6.38. The number of nitrogens with zero attached hydrogens (tertiary/aromatic N) is 4. The van der Waals surface area contributed by atoms with E-state index in [0.29, 0.717) is 46.6 Å². The van der Waals surface area contributed by atoms with Crippen molar-refractivity contribution in [2.45, 2.75) is 6.92 Å². The van der Waals surface area contributed by atoms with Crippen LogP contribution in [0.2, 0.25) is 0 Å². The molecule has 10 heteroatoms. The Morgan fingerprint density at radius 1 is 1.09 bits per heavy atom. The normalized spacial score (nSPS) is 10.6. The van der Waals surface area contributed by atoms with Gasteiger partial charge in [-0.2, -0.15) is 0 Å². The van der Waals surface area contributed by atoms with Gasteiger partial charge in [-0.3, -0.25) is 14.7 Å². The number of rotatable bonds is 6. The number of pyridine rings is 2. The molecule has 0 bridgehead atoms. The molecule has 4 rings (SSSR count). The lowest BCUT2D eigenvalue weighted by molar-refractivity contribution is 0.187. The lowest BCUT2D eigenvalue weighted by Crippen LogP contribution is -2.23. The van der Waals surface area contributed by atoms with E-state index in [1.165, 1.54) is 24.1 Å². The van der Waals surface area contributed by atoms with Crippen molar-refractivity contribution in [1.82, 2.24) is 19.5 Å². The summed E-state index contributed by atoms with van der Waals surface area (Å²) in [6.07, 6.45) is 2.44. The molecule has 0 spiro atoms. The predicted molar refractivity (Wildman–Crippen MR) is 125 cm³/mol. The summed E-state index contributed by atoms with van der Waals surface area (Å²) < 4.78 is 11.9. The summed E-state index contributed by atoms with van der Waals surface area (Å²) in [6, 6.07) is 12.3. The molecule has 1 aromatic carbocycles. The van der Waals surface area contributed by atoms with Crippen LogP contribution >= 0.6 is 0 Å². The Hall–Kier alpha value is -4.47. The summed E-state index contributed by atoms with van der Waals surface area (Å²) in [5.41, 5.74) is 1.49. The lowest BCUT2D eigenvalue weighted by Gasteiger charge is -2.11. The van der Waals surface area contributed by atoms with Gasteiger partial charge in [0.25, 0.3) is 5.56 Å². The number of hydrogen-bond donors (Lipinski definition) is 2. The Morgan fingerprint density at radius 3 is 2.70 bits per heavy atom. The van der Waals surface area contributed by atoms with Gasteiger partial charge >= 0.3 is 6.09 Å². The van der Waals surface area contributed by atoms with Crippen molar-refractivity contribution in [1.29, 1.82) is 0 Å². The van der Waals surface area contributed by atoms with E-state index in [1.807, 2.05) is 25.1 Å². The first-order chi connectivity index (χ1) is 16.0. The van der Waals surface area contributed by atoms with Gasteiger partial charge in [-0.25, -0.2) is 19.7 Å². The van der Waals surface area contributed by atoms with Gasteiger partial charge in [-0.1, -0.05) is 6.07 Å². The summed E-state index contributed by atoms with van der Waals surface area (Å²) in [4.78, 5) is 37.1. The second-order valence-electron chi connectivity index (χ2n) is 7.04. The van der Waals surface area contributed by atoms with Crippen molar-refractivity contribution in [3.63, 3.8) is 0 Å². The molecule has 4 aromatic rings. The molecule has 0 aliphatic carbocycles. The maximum Gasteiger partial charge on any atom is 0.412 e. The summed E-state index contributed by atoms with van der Waals surface area (Å²) in [5.74, 6) is 1.90. The van der Waals surface area contributed by atoms with Crippen LogP contribution in [0.15, 0.2) is 59.7 Å². The SMILES string of the molecule is CCNc1ncc(-c2ccc3cc(Oc4ccnc(NC(=O)OC)c4)ccc3n2)c(=O)n1C. The number of anilines is 2. The molecule has 0 atom stereocenters. The van der Waals surface area contributed by atoms with Gasteiger partial charge in [0.2, 0.25) is 5.95 Å². The monoisotopic (exact) mass is 446 g/mol. The molecule has 0 unspecified atom stereocenters. The van der Waals surface area contributed by atoms with E-state index < -0.39 is 6.09 Å². The van der Waals surface area contributed by atoms with Crippen LogP contribution in [-0.4, -0.2) is 39.3 Å². The van der Waals surface area contributed by atoms with Crippen molar-refractivity contribution in [2.75, 3.05) is 24.3 Å². The quantitative estimate of drug-likeness (QED) is 0.459. The fourth-order valence-electron chi connectivity index (χ4n) is 3.19. The van der Waals surface area contributed by atoms with Gasteiger partial charge in [0, 0.05) is 37.4 Å². The summed E-state index contributed by atoms with van der Waals surface area (Å²) in [7, 11) is 2.95. The molecule has 0 saturated heterocycles. The molecule has 0 aliphatic rings. The number of aromatic nitrogens is 4. The fraction of sp³-hybridized carbons (Fsp3) is 0.174. The van der Waals surface area contributed by atoms with E-state index in [9.17, 15) is 9.59 Å². The molecule has 3 aromatic heterocycles. The number of nitrogens with one attached hydrogen (secondary N) is 2. The first-order valence-electron chi connectivity index (χ1n) is 10.2. The molecule has 10 nitrogen and oxygen atoms in total. The summed E-state index contributed by atoms with van der Waals surface area (Å²) >= 11 is 0. The zero-order valence-corrected chi connectivity index (χ0v) is 18.3. The molecule has 2 N–H and O–H groups in total. The second-order valence-corrected chi connectivity index (χ2v) is 7.04. The van der Waals surface area contributed by atoms with Crippen molar-refractivity contribution in [3.8, 4) is 22.8 Å². The van der Waals surface area contributed by atoms with Crippen molar-refractivity contribution in [3.05, 3.63) is 65.2 Å². The van der Waals surface area contributed by atoms with E-state index in [2.05, 4.69) is 30.3 Å². The average Bonchev–Trinajstić information content (AvgIpc) is 2.82. The molecule has 0 radical (unpaired) electrons. The van der Waals surface area contributed by atoms with Crippen molar-refractivity contribution >= 4 is 28.8 Å². The molecule has 0 saturated carbocycles. The van der Waals surface area contributed by atoms with E-state index in [4.69, 9.17) is 4.74 Å². The van der Waals surface area contributed by atoms with E-state index in [0.717, 1.165) is 5.39 Å².